The maximum absolute atomic E-state index is 4.04. The first kappa shape index (κ1) is 15.0. The summed E-state index contributed by atoms with van der Waals surface area (Å²) in [6, 6.07) is 14.8. The van der Waals surface area contributed by atoms with Gasteiger partial charge in [0.2, 0.25) is 0 Å². The van der Waals surface area contributed by atoms with Crippen LogP contribution in [0, 0.1) is 0 Å². The molecule has 1 N–H and O–H groups in total. The van der Waals surface area contributed by atoms with Crippen molar-refractivity contribution in [2.45, 2.75) is 6.54 Å². The monoisotopic (exact) mass is 296 g/mol. The van der Waals surface area contributed by atoms with Crippen LogP contribution in [0.2, 0.25) is 0 Å². The molecule has 0 saturated carbocycles. The van der Waals surface area contributed by atoms with E-state index in [9.17, 15) is 0 Å². The Morgan fingerprint density at radius 2 is 1.64 bits per heavy atom. The van der Waals surface area contributed by atoms with Crippen molar-refractivity contribution >= 4 is 5.69 Å². The summed E-state index contributed by atoms with van der Waals surface area (Å²) < 4.78 is 0. The molecule has 0 radical (unpaired) electrons. The Hall–Kier alpha value is -1.91. The third-order valence-corrected chi connectivity index (χ3v) is 4.18. The number of nitrogens with zero attached hydrogens (tertiary/aromatic N) is 3. The largest absolute Gasteiger partial charge is 0.369 e. The fourth-order valence-corrected chi connectivity index (χ4v) is 2.84. The van der Waals surface area contributed by atoms with Crippen LogP contribution in [0.5, 0.6) is 0 Å². The SMILES string of the molecule is c1ccc(N2CCN(CCNCc3ccncc3)CC2)cc1. The van der Waals surface area contributed by atoms with E-state index in [-0.39, 0.29) is 0 Å². The predicted molar refractivity (Wildman–Crippen MR) is 91.0 cm³/mol. The minimum absolute atomic E-state index is 0.923. The number of anilines is 1. The van der Waals surface area contributed by atoms with Crippen LogP contribution < -0.4 is 10.2 Å². The summed E-state index contributed by atoms with van der Waals surface area (Å²) in [4.78, 5) is 9.05. The number of para-hydroxylation sites is 1. The molecule has 22 heavy (non-hydrogen) atoms. The van der Waals surface area contributed by atoms with Crippen LogP contribution in [0.3, 0.4) is 0 Å². The zero-order chi connectivity index (χ0) is 15.0. The lowest BCUT2D eigenvalue weighted by atomic mass is 10.2. The van der Waals surface area contributed by atoms with Gasteiger partial charge in [-0.1, -0.05) is 18.2 Å². The summed E-state index contributed by atoms with van der Waals surface area (Å²) >= 11 is 0. The quantitative estimate of drug-likeness (QED) is 0.826. The highest BCUT2D eigenvalue weighted by atomic mass is 15.3. The predicted octanol–water partition coefficient (Wildman–Crippen LogP) is 1.99. The molecule has 0 amide bonds. The van der Waals surface area contributed by atoms with Crippen molar-refractivity contribution in [3.05, 3.63) is 60.4 Å². The molecule has 0 aliphatic carbocycles. The van der Waals surface area contributed by atoms with Gasteiger partial charge in [0.15, 0.2) is 0 Å². The van der Waals surface area contributed by atoms with Gasteiger partial charge in [-0.15, -0.1) is 0 Å². The van der Waals surface area contributed by atoms with Crippen molar-refractivity contribution in [2.24, 2.45) is 0 Å². The van der Waals surface area contributed by atoms with Gasteiger partial charge in [0.25, 0.3) is 0 Å². The second-order valence-electron chi connectivity index (χ2n) is 5.70. The summed E-state index contributed by atoms with van der Waals surface area (Å²) in [7, 11) is 0. The van der Waals surface area contributed by atoms with E-state index < -0.39 is 0 Å². The first-order valence-corrected chi connectivity index (χ1v) is 8.04. The second-order valence-corrected chi connectivity index (χ2v) is 5.70. The van der Waals surface area contributed by atoms with E-state index in [4.69, 9.17) is 0 Å². The Bertz CT molecular complexity index is 536. The molecular weight excluding hydrogens is 272 g/mol. The number of rotatable bonds is 6. The lowest BCUT2D eigenvalue weighted by molar-refractivity contribution is 0.257. The number of benzene rings is 1. The molecule has 1 aliphatic heterocycles. The van der Waals surface area contributed by atoms with Crippen LogP contribution in [-0.4, -0.2) is 49.2 Å². The number of hydrogen-bond acceptors (Lipinski definition) is 4. The van der Waals surface area contributed by atoms with Gasteiger partial charge in [0.1, 0.15) is 0 Å². The zero-order valence-corrected chi connectivity index (χ0v) is 13.0. The fourth-order valence-electron chi connectivity index (χ4n) is 2.84. The summed E-state index contributed by atoms with van der Waals surface area (Å²) in [5.74, 6) is 0. The third kappa shape index (κ3) is 4.29. The molecule has 1 fully saturated rings. The summed E-state index contributed by atoms with van der Waals surface area (Å²) in [5.41, 5.74) is 2.64. The first-order chi connectivity index (χ1) is 10.9. The van der Waals surface area contributed by atoms with Gasteiger partial charge in [0, 0.05) is 63.9 Å². The van der Waals surface area contributed by atoms with Crippen LogP contribution in [-0.2, 0) is 6.54 Å². The number of aromatic nitrogens is 1. The summed E-state index contributed by atoms with van der Waals surface area (Å²) in [6.45, 7) is 7.61. The zero-order valence-electron chi connectivity index (χ0n) is 13.0. The van der Waals surface area contributed by atoms with Crippen LogP contribution in [0.15, 0.2) is 54.9 Å². The Kier molecular flexibility index (Phi) is 5.40. The lowest BCUT2D eigenvalue weighted by Crippen LogP contribution is -2.48. The maximum atomic E-state index is 4.04. The van der Waals surface area contributed by atoms with Crippen LogP contribution >= 0.6 is 0 Å². The number of nitrogens with one attached hydrogen (secondary N) is 1. The highest BCUT2D eigenvalue weighted by Crippen LogP contribution is 2.15. The molecule has 0 atom stereocenters. The van der Waals surface area contributed by atoms with E-state index in [1.54, 1.807) is 0 Å². The van der Waals surface area contributed by atoms with Gasteiger partial charge in [-0.2, -0.15) is 0 Å². The molecule has 1 aliphatic rings. The fraction of sp³-hybridized carbons (Fsp3) is 0.389. The molecule has 0 unspecified atom stereocenters. The van der Waals surface area contributed by atoms with Crippen LogP contribution in [0.4, 0.5) is 5.69 Å². The minimum atomic E-state index is 0.923. The Morgan fingerprint density at radius 1 is 0.909 bits per heavy atom. The standard InChI is InChI=1S/C18H24N4/c1-2-4-18(5-3-1)22-14-12-21(13-15-22)11-10-20-16-17-6-8-19-9-7-17/h1-9,20H,10-16H2. The summed E-state index contributed by atoms with van der Waals surface area (Å²) in [6.07, 6.45) is 3.69. The molecule has 116 valence electrons. The first-order valence-electron chi connectivity index (χ1n) is 8.04. The molecule has 2 heterocycles. The van der Waals surface area contributed by atoms with Crippen molar-refractivity contribution in [1.82, 2.24) is 15.2 Å². The Morgan fingerprint density at radius 3 is 2.36 bits per heavy atom. The van der Waals surface area contributed by atoms with E-state index in [1.165, 1.54) is 11.3 Å². The van der Waals surface area contributed by atoms with Crippen molar-refractivity contribution in [3.63, 3.8) is 0 Å². The summed E-state index contributed by atoms with van der Waals surface area (Å²) in [5, 5.41) is 3.51. The van der Waals surface area contributed by atoms with Crippen LogP contribution in [0.1, 0.15) is 5.56 Å². The number of pyridine rings is 1. The van der Waals surface area contributed by atoms with E-state index in [2.05, 4.69) is 62.6 Å². The van der Waals surface area contributed by atoms with E-state index in [1.807, 2.05) is 12.4 Å². The molecule has 0 spiro atoms. The average Bonchev–Trinajstić information content (AvgIpc) is 2.61. The highest BCUT2D eigenvalue weighted by Gasteiger charge is 2.16. The topological polar surface area (TPSA) is 31.4 Å². The van der Waals surface area contributed by atoms with Gasteiger partial charge in [-0.05, 0) is 29.8 Å². The molecule has 4 nitrogen and oxygen atoms in total. The Balaban J connectivity index is 1.34. The lowest BCUT2D eigenvalue weighted by Gasteiger charge is -2.36. The van der Waals surface area contributed by atoms with Crippen LogP contribution in [0.25, 0.3) is 0 Å². The molecule has 1 saturated heterocycles. The second kappa shape index (κ2) is 7.92. The van der Waals surface area contributed by atoms with Crippen molar-refractivity contribution in [3.8, 4) is 0 Å². The van der Waals surface area contributed by atoms with Gasteiger partial charge in [0.05, 0.1) is 0 Å². The molecular formula is C18H24N4. The van der Waals surface area contributed by atoms with Crippen molar-refractivity contribution in [1.29, 1.82) is 0 Å². The number of hydrogen-bond donors (Lipinski definition) is 1. The van der Waals surface area contributed by atoms with E-state index in [0.717, 1.165) is 45.8 Å². The normalized spacial score (nSPS) is 15.9. The van der Waals surface area contributed by atoms with Gasteiger partial charge in [-0.25, -0.2) is 0 Å². The van der Waals surface area contributed by atoms with Crippen molar-refractivity contribution in [2.75, 3.05) is 44.2 Å². The minimum Gasteiger partial charge on any atom is -0.369 e. The Labute approximate surface area is 132 Å². The molecule has 1 aromatic carbocycles. The van der Waals surface area contributed by atoms with Crippen molar-refractivity contribution < 1.29 is 0 Å². The van der Waals surface area contributed by atoms with E-state index >= 15 is 0 Å². The molecule has 2 aromatic rings. The highest BCUT2D eigenvalue weighted by molar-refractivity contribution is 5.46. The third-order valence-electron chi connectivity index (χ3n) is 4.18. The van der Waals surface area contributed by atoms with Gasteiger partial charge >= 0.3 is 0 Å². The maximum Gasteiger partial charge on any atom is 0.0367 e. The number of piperazine rings is 1. The van der Waals surface area contributed by atoms with Gasteiger partial charge in [-0.3, -0.25) is 9.88 Å². The van der Waals surface area contributed by atoms with E-state index in [0.29, 0.717) is 0 Å². The smallest absolute Gasteiger partial charge is 0.0367 e. The molecule has 1 aromatic heterocycles. The van der Waals surface area contributed by atoms with Gasteiger partial charge < -0.3 is 10.2 Å². The average molecular weight is 296 g/mol. The molecule has 4 heteroatoms. The molecule has 3 rings (SSSR count). The molecule has 0 bridgehead atoms.